The summed E-state index contributed by atoms with van der Waals surface area (Å²) in [6.45, 7) is 34.4. The largest absolute Gasteiger partial charge is 1.00 e. The first-order valence-electron chi connectivity index (χ1n) is 36.6. The van der Waals surface area contributed by atoms with Gasteiger partial charge in [0.2, 0.25) is 0 Å². The van der Waals surface area contributed by atoms with Crippen molar-refractivity contribution >= 4 is 19.7 Å². The molecular formula is C80H125LiO8S2. The third-order valence-electron chi connectivity index (χ3n) is 28.4. The molecule has 17 atom stereocenters. The maximum atomic E-state index is 14.5. The summed E-state index contributed by atoms with van der Waals surface area (Å²) in [7, 11) is -6.88. The Labute approximate surface area is 567 Å². The molecule has 8 saturated carbocycles. The predicted molar refractivity (Wildman–Crippen MR) is 369 cm³/mol. The number of ether oxygens (including phenoxy) is 1. The molecule has 9 fully saturated rings. The van der Waals surface area contributed by atoms with E-state index in [-0.39, 0.29) is 63.5 Å². The zero-order valence-electron chi connectivity index (χ0n) is 59.7. The van der Waals surface area contributed by atoms with Crippen LogP contribution in [-0.2, 0) is 24.4 Å². The molecule has 2 aromatic carbocycles. The number of aliphatic hydroxyl groups is 3. The summed E-state index contributed by atoms with van der Waals surface area (Å²) < 4.78 is 60.6. The van der Waals surface area contributed by atoms with E-state index in [0.29, 0.717) is 87.4 Å². The number of hydrogen-bond donors (Lipinski definition) is 3. The summed E-state index contributed by atoms with van der Waals surface area (Å²) in [5.41, 5.74) is 2.94. The molecular weight excluding hydrogens is 1160 g/mol. The third kappa shape index (κ3) is 15.1. The Balaban J connectivity index is 0.000000179. The van der Waals surface area contributed by atoms with Crippen molar-refractivity contribution in [3.8, 4) is 0 Å². The number of allylic oxidation sites excluding steroid dienone is 2. The van der Waals surface area contributed by atoms with E-state index >= 15 is 0 Å². The van der Waals surface area contributed by atoms with Crippen LogP contribution >= 0.6 is 0 Å². The zero-order chi connectivity index (χ0) is 65.4. The summed E-state index contributed by atoms with van der Waals surface area (Å²) in [4.78, 5) is 0.868. The molecule has 10 aliphatic carbocycles. The van der Waals surface area contributed by atoms with Crippen LogP contribution in [0.25, 0.3) is 0 Å². The van der Waals surface area contributed by atoms with E-state index in [4.69, 9.17) is 4.74 Å². The number of fused-ring (bicyclic) bond motifs is 10. The zero-order valence-corrected chi connectivity index (χ0v) is 61.3. The van der Waals surface area contributed by atoms with Gasteiger partial charge in [-0.2, -0.15) is 6.42 Å². The molecule has 11 aliphatic rings. The molecule has 1 unspecified atom stereocenters. The minimum Gasteiger partial charge on any atom is -0.390 e. The van der Waals surface area contributed by atoms with E-state index in [0.717, 1.165) is 96.5 Å². The molecule has 1 saturated heterocycles. The Morgan fingerprint density at radius 2 is 0.956 bits per heavy atom. The van der Waals surface area contributed by atoms with Crippen LogP contribution in [0.4, 0.5) is 0 Å². The fourth-order valence-electron chi connectivity index (χ4n) is 22.0. The van der Waals surface area contributed by atoms with Crippen LogP contribution < -0.4 is 18.9 Å². The molecule has 11 heteroatoms. The molecule has 3 N–H and O–H groups in total. The topological polar surface area (TPSA) is 142 Å². The second-order valence-electron chi connectivity index (χ2n) is 35.7. The summed E-state index contributed by atoms with van der Waals surface area (Å²) in [6, 6.07) is 18.0. The number of rotatable bonds is 11. The van der Waals surface area contributed by atoms with Crippen molar-refractivity contribution in [3.05, 3.63) is 90.9 Å². The molecule has 2 aromatic rings. The minimum absolute atomic E-state index is 0. The molecule has 1 aliphatic heterocycles. The number of unbranched alkanes of at least 4 members (excludes halogenated alkanes) is 1. The van der Waals surface area contributed by atoms with Crippen molar-refractivity contribution in [1.82, 2.24) is 0 Å². The average Bonchev–Trinajstić information content (AvgIpc) is 1.68. The van der Waals surface area contributed by atoms with E-state index < -0.39 is 41.7 Å². The Kier molecular flexibility index (Phi) is 21.9. The quantitative estimate of drug-likeness (QED) is 0.0874. The van der Waals surface area contributed by atoms with Crippen LogP contribution in [-0.4, -0.2) is 72.2 Å². The van der Waals surface area contributed by atoms with Crippen molar-refractivity contribution in [2.75, 3.05) is 12.4 Å². The van der Waals surface area contributed by atoms with Crippen molar-refractivity contribution < 1.29 is 55.8 Å². The molecule has 0 aromatic heterocycles. The molecule has 506 valence electrons. The van der Waals surface area contributed by atoms with Gasteiger partial charge in [0.05, 0.1) is 49.8 Å². The van der Waals surface area contributed by atoms with E-state index in [1.165, 1.54) is 75.4 Å². The smallest absolute Gasteiger partial charge is 0.390 e. The SMILES string of the molecule is CC1(C)CCC2(CC1)CO2.C[C@H](C(CC1(O)CCC(C)(C)CC1)S(=O)(=O)c1ccccc1)[C@H]1CC[C@H]2[C@@H]3CC=C4C[C@@](C)(O)CC[C@]4(C)[C@H]3CC[C@]12C.C[C@H](CS(=O)(=O)c1ccccc1)[C@H]1CC[C@H]2[C@@H]3CC=C4C[C@@](C)(O)CC[C@]4(C)[C@H]3CC[C@]12C.[CH2-]CCC.[Li+]. The number of hydrogen-bond acceptors (Lipinski definition) is 8. The van der Waals surface area contributed by atoms with Gasteiger partial charge in [-0.25, -0.2) is 16.8 Å². The summed E-state index contributed by atoms with van der Waals surface area (Å²) >= 11 is 0. The van der Waals surface area contributed by atoms with E-state index in [1.54, 1.807) is 24.3 Å². The minimum atomic E-state index is -3.62. The summed E-state index contributed by atoms with van der Waals surface area (Å²) in [5, 5.41) is 32.9. The maximum absolute atomic E-state index is 14.5. The Hall–Kier alpha value is -1.74. The second kappa shape index (κ2) is 27.2. The Bertz CT molecular complexity index is 3060. The van der Waals surface area contributed by atoms with Gasteiger partial charge in [0.25, 0.3) is 0 Å². The van der Waals surface area contributed by atoms with Crippen molar-refractivity contribution in [1.29, 1.82) is 0 Å². The van der Waals surface area contributed by atoms with Gasteiger partial charge < -0.3 is 27.0 Å². The Morgan fingerprint density at radius 3 is 1.40 bits per heavy atom. The van der Waals surface area contributed by atoms with Gasteiger partial charge in [0, 0.05) is 0 Å². The maximum Gasteiger partial charge on any atom is 1.00 e. The van der Waals surface area contributed by atoms with Gasteiger partial charge >= 0.3 is 18.9 Å². The van der Waals surface area contributed by atoms with Gasteiger partial charge in [-0.3, -0.25) is 0 Å². The first-order chi connectivity index (χ1) is 42.0. The molecule has 91 heavy (non-hydrogen) atoms. The molecule has 13 rings (SSSR count). The van der Waals surface area contributed by atoms with Gasteiger partial charge in [0.15, 0.2) is 19.7 Å². The van der Waals surface area contributed by atoms with Crippen LogP contribution in [0.1, 0.15) is 263 Å². The number of sulfone groups is 2. The van der Waals surface area contributed by atoms with Crippen LogP contribution in [0.15, 0.2) is 93.8 Å². The number of epoxide rings is 1. The number of benzene rings is 2. The molecule has 0 radical (unpaired) electrons. The molecule has 8 nitrogen and oxygen atoms in total. The fraction of sp³-hybridized carbons (Fsp3) is 0.787. The van der Waals surface area contributed by atoms with E-state index in [2.05, 4.69) is 95.2 Å². The monoisotopic (exact) mass is 1280 g/mol. The van der Waals surface area contributed by atoms with Crippen molar-refractivity contribution in [2.45, 2.75) is 301 Å². The molecule has 0 bridgehead atoms. The first-order valence-corrected chi connectivity index (χ1v) is 39.8. The Morgan fingerprint density at radius 1 is 0.538 bits per heavy atom. The standard InChI is InChI=1S/C38H58O4S.C29H42O3S.C9H16O.C4H9.Li/c1-26(33(43(41,42)28-10-8-7-9-11-28)25-38(40)22-18-34(2,3)19-23-38)30-14-15-31-29-13-12-27-24-35(4,39)20-21-36(27,5)32(29)16-17-37(30,31)6;1-20(19-33(31,32)22-8-6-5-7-9-22)24-12-13-25-23-11-10-21-18-27(2,30)16-17-28(21,3)26(23)14-15-29(24,25)4;1-8(2)3-5-9(6-4-8)7-10-9;1-3-4-2;/h7-12,26,29-33,39-40H,13-25H2,1-6H3;5-10,20,23-26,30H,11-19H2,1-4H3;3-7H2,1-2H3;1,3-4H2,2H3;/q;;;-1;+1/t26-,29-,30+,31-,32-,33?,35-,36-,37+;20-,23+,24-,25+,26+,27+,28+,29-;;;/m01.../s1. The third-order valence-corrected chi connectivity index (χ3v) is 32.7. The summed E-state index contributed by atoms with van der Waals surface area (Å²) in [5.74, 6) is 5.25. The summed E-state index contributed by atoms with van der Waals surface area (Å²) in [6.07, 6.45) is 33.5. The predicted octanol–water partition coefficient (Wildman–Crippen LogP) is 15.9. The van der Waals surface area contributed by atoms with Crippen LogP contribution in [0.5, 0.6) is 0 Å². The van der Waals surface area contributed by atoms with E-state index in [1.807, 2.05) is 50.2 Å². The molecule has 0 amide bonds. The molecule has 1 spiro atoms. The van der Waals surface area contributed by atoms with E-state index in [9.17, 15) is 32.2 Å². The fourth-order valence-corrected chi connectivity index (χ4v) is 25.9. The van der Waals surface area contributed by atoms with Crippen LogP contribution in [0.2, 0.25) is 0 Å². The van der Waals surface area contributed by atoms with Gasteiger partial charge in [-0.15, -0.1) is 0 Å². The first kappa shape index (κ1) is 73.5. The van der Waals surface area contributed by atoms with Gasteiger partial charge in [0.1, 0.15) is 0 Å². The normalized spacial score (nSPS) is 39.7. The second-order valence-corrected chi connectivity index (χ2v) is 39.9. The van der Waals surface area contributed by atoms with Gasteiger partial charge in [-0.1, -0.05) is 142 Å². The average molecular weight is 1290 g/mol. The van der Waals surface area contributed by atoms with Crippen molar-refractivity contribution in [3.63, 3.8) is 0 Å². The van der Waals surface area contributed by atoms with Crippen LogP contribution in [0.3, 0.4) is 0 Å². The van der Waals surface area contributed by atoms with Crippen molar-refractivity contribution in [2.24, 2.45) is 91.7 Å². The molecule has 1 heterocycles. The van der Waals surface area contributed by atoms with Gasteiger partial charge in [-0.05, 0) is 290 Å². The van der Waals surface area contributed by atoms with Crippen LogP contribution in [0, 0.1) is 98.6 Å².